The molecule has 9 heteroatoms. The molecule has 7 nitrogen and oxygen atoms in total. The molecule has 1 N–H and O–H groups in total. The highest BCUT2D eigenvalue weighted by molar-refractivity contribution is 7.90. The van der Waals surface area contributed by atoms with Gasteiger partial charge in [0.1, 0.15) is 5.82 Å². The summed E-state index contributed by atoms with van der Waals surface area (Å²) in [5.74, 6) is -0.534. The van der Waals surface area contributed by atoms with Crippen molar-refractivity contribution in [3.8, 4) is 0 Å². The first-order valence-electron chi connectivity index (χ1n) is 6.42. The van der Waals surface area contributed by atoms with Gasteiger partial charge in [0.25, 0.3) is 5.91 Å². The lowest BCUT2D eigenvalue weighted by molar-refractivity contribution is 0.0953. The van der Waals surface area contributed by atoms with Gasteiger partial charge in [0.15, 0.2) is 0 Å². The van der Waals surface area contributed by atoms with Crippen LogP contribution in [-0.4, -0.2) is 37.3 Å². The van der Waals surface area contributed by atoms with Gasteiger partial charge in [-0.3, -0.25) is 4.79 Å². The Balaban J connectivity index is 1.78. The molecule has 0 spiro atoms. The number of nitrogens with one attached hydrogen (secondary N) is 1. The normalized spacial score (nSPS) is 11.4. The Hall–Kier alpha value is -2.29. The topological polar surface area (TPSA) is 102 Å². The average molecular weight is 327 g/mol. The summed E-state index contributed by atoms with van der Waals surface area (Å²) >= 11 is 0. The molecule has 1 aromatic carbocycles. The van der Waals surface area contributed by atoms with E-state index >= 15 is 0 Å². The minimum atomic E-state index is -3.51. The van der Waals surface area contributed by atoms with Crippen LogP contribution in [0.3, 0.4) is 0 Å². The smallest absolute Gasteiger partial charge is 0.335 e. The minimum Gasteiger partial charge on any atom is -0.413 e. The fraction of sp³-hybridized carbons (Fsp3) is 0.308. The summed E-state index contributed by atoms with van der Waals surface area (Å²) in [6.07, 6.45) is 1.82. The second kappa shape index (κ2) is 6.65. The van der Waals surface area contributed by atoms with Crippen molar-refractivity contribution in [3.63, 3.8) is 0 Å². The first-order chi connectivity index (χ1) is 10.4. The summed E-state index contributed by atoms with van der Waals surface area (Å²) in [6.45, 7) is 0.340. The predicted molar refractivity (Wildman–Crippen MR) is 74.5 cm³/mol. The van der Waals surface area contributed by atoms with E-state index in [2.05, 4.69) is 15.5 Å². The number of benzene rings is 1. The van der Waals surface area contributed by atoms with Gasteiger partial charge < -0.3 is 9.73 Å². The lowest BCUT2D eigenvalue weighted by Gasteiger charge is -2.03. The Morgan fingerprint density at radius 1 is 1.27 bits per heavy atom. The molecule has 0 saturated heterocycles. The maximum Gasteiger partial charge on any atom is 0.335 e. The van der Waals surface area contributed by atoms with Gasteiger partial charge in [-0.05, 0) is 30.7 Å². The fourth-order valence-electron chi connectivity index (χ4n) is 1.63. The molecule has 0 atom stereocenters. The molecular formula is C13H14FN3O4S. The number of halogens is 1. The molecule has 0 aliphatic carbocycles. The number of amides is 1. The molecule has 1 amide bonds. The number of aryl methyl sites for hydroxylation is 1. The minimum absolute atomic E-state index is 0.191. The molecule has 0 radical (unpaired) electrons. The van der Waals surface area contributed by atoms with Crippen LogP contribution in [0.2, 0.25) is 0 Å². The van der Waals surface area contributed by atoms with E-state index in [4.69, 9.17) is 4.42 Å². The molecule has 2 aromatic rings. The van der Waals surface area contributed by atoms with Crippen LogP contribution in [-0.2, 0) is 16.3 Å². The number of hydrogen-bond acceptors (Lipinski definition) is 6. The molecular weight excluding hydrogens is 313 g/mol. The van der Waals surface area contributed by atoms with Crippen LogP contribution >= 0.6 is 0 Å². The van der Waals surface area contributed by atoms with Crippen LogP contribution in [0, 0.1) is 5.82 Å². The Labute approximate surface area is 126 Å². The molecule has 1 aromatic heterocycles. The Bertz CT molecular complexity index is 756. The molecule has 0 aliphatic heterocycles. The monoisotopic (exact) mass is 327 g/mol. The Kier molecular flexibility index (Phi) is 4.86. The molecule has 1 heterocycles. The van der Waals surface area contributed by atoms with E-state index in [-0.39, 0.29) is 11.8 Å². The highest BCUT2D eigenvalue weighted by Crippen LogP contribution is 2.08. The number of carbonyl (C=O) groups is 1. The second-order valence-corrected chi connectivity index (χ2v) is 6.49. The first-order valence-corrected chi connectivity index (χ1v) is 8.31. The van der Waals surface area contributed by atoms with Crippen LogP contribution < -0.4 is 5.32 Å². The van der Waals surface area contributed by atoms with Crippen molar-refractivity contribution in [1.82, 2.24) is 15.5 Å². The summed E-state index contributed by atoms with van der Waals surface area (Å²) in [5, 5.41) is 9.28. The highest BCUT2D eigenvalue weighted by Gasteiger charge is 2.16. The fourth-order valence-corrected chi connectivity index (χ4v) is 2.07. The van der Waals surface area contributed by atoms with E-state index in [9.17, 15) is 17.6 Å². The third-order valence-electron chi connectivity index (χ3n) is 2.72. The van der Waals surface area contributed by atoms with Crippen LogP contribution in [0.25, 0.3) is 0 Å². The van der Waals surface area contributed by atoms with Crippen molar-refractivity contribution in [2.45, 2.75) is 18.1 Å². The summed E-state index contributed by atoms with van der Waals surface area (Å²) in [4.78, 5) is 11.7. The van der Waals surface area contributed by atoms with E-state index in [0.717, 1.165) is 6.26 Å². The zero-order valence-corrected chi connectivity index (χ0v) is 12.6. The number of hydrogen-bond donors (Lipinski definition) is 1. The molecule has 0 bridgehead atoms. The Morgan fingerprint density at radius 3 is 2.55 bits per heavy atom. The lowest BCUT2D eigenvalue weighted by atomic mass is 10.2. The molecule has 2 rings (SSSR count). The zero-order valence-electron chi connectivity index (χ0n) is 11.7. The standard InChI is InChI=1S/C13H14FN3O4S/c1-22(19,20)13-17-16-11(21-13)3-2-8-15-12(18)9-4-6-10(14)7-5-9/h4-7H,2-3,8H2,1H3,(H,15,18). The van der Waals surface area contributed by atoms with Gasteiger partial charge in [0.2, 0.25) is 15.7 Å². The predicted octanol–water partition coefficient (Wildman–Crippen LogP) is 0.975. The number of aromatic nitrogens is 2. The maximum absolute atomic E-state index is 12.7. The summed E-state index contributed by atoms with van der Waals surface area (Å²) in [7, 11) is -3.51. The van der Waals surface area contributed by atoms with E-state index < -0.39 is 20.9 Å². The van der Waals surface area contributed by atoms with Gasteiger partial charge in [0.05, 0.1) is 0 Å². The summed E-state index contributed by atoms with van der Waals surface area (Å²) in [5.41, 5.74) is 0.360. The Morgan fingerprint density at radius 2 is 1.95 bits per heavy atom. The van der Waals surface area contributed by atoms with Crippen molar-refractivity contribution < 1.29 is 22.0 Å². The number of sulfone groups is 1. The van der Waals surface area contributed by atoms with Crippen molar-refractivity contribution in [1.29, 1.82) is 0 Å². The molecule has 118 valence electrons. The van der Waals surface area contributed by atoms with Crippen molar-refractivity contribution in [2.75, 3.05) is 12.8 Å². The largest absolute Gasteiger partial charge is 0.413 e. The van der Waals surface area contributed by atoms with Gasteiger partial charge in [-0.25, -0.2) is 12.8 Å². The zero-order chi connectivity index (χ0) is 16.2. The molecule has 0 aliphatic rings. The van der Waals surface area contributed by atoms with E-state index in [0.29, 0.717) is 24.9 Å². The van der Waals surface area contributed by atoms with Crippen LogP contribution in [0.1, 0.15) is 22.7 Å². The quantitative estimate of drug-likeness (QED) is 0.793. The number of rotatable bonds is 6. The van der Waals surface area contributed by atoms with Gasteiger partial charge in [-0.2, -0.15) is 0 Å². The second-order valence-electron chi connectivity index (χ2n) is 4.60. The third-order valence-corrected chi connectivity index (χ3v) is 3.52. The van der Waals surface area contributed by atoms with Crippen molar-refractivity contribution >= 4 is 15.7 Å². The molecule has 0 saturated carbocycles. The van der Waals surface area contributed by atoms with E-state index in [1.807, 2.05) is 0 Å². The van der Waals surface area contributed by atoms with Crippen molar-refractivity contribution in [3.05, 3.63) is 41.5 Å². The highest BCUT2D eigenvalue weighted by atomic mass is 32.2. The van der Waals surface area contributed by atoms with Gasteiger partial charge in [-0.1, -0.05) is 5.10 Å². The lowest BCUT2D eigenvalue weighted by Crippen LogP contribution is -2.24. The summed E-state index contributed by atoms with van der Waals surface area (Å²) in [6, 6.07) is 5.20. The third kappa shape index (κ3) is 4.35. The maximum atomic E-state index is 12.7. The molecule has 22 heavy (non-hydrogen) atoms. The van der Waals surface area contributed by atoms with E-state index in [1.165, 1.54) is 24.3 Å². The van der Waals surface area contributed by atoms with Crippen LogP contribution in [0.4, 0.5) is 4.39 Å². The molecule has 0 fully saturated rings. The van der Waals surface area contributed by atoms with E-state index in [1.54, 1.807) is 0 Å². The van der Waals surface area contributed by atoms with Crippen LogP contribution in [0.15, 0.2) is 33.9 Å². The summed E-state index contributed by atoms with van der Waals surface area (Å²) < 4.78 is 40.1. The van der Waals surface area contributed by atoms with Crippen LogP contribution in [0.5, 0.6) is 0 Å². The average Bonchev–Trinajstić information content (AvgIpc) is 2.93. The number of nitrogens with zero attached hydrogens (tertiary/aromatic N) is 2. The van der Waals surface area contributed by atoms with Gasteiger partial charge >= 0.3 is 5.22 Å². The van der Waals surface area contributed by atoms with Gasteiger partial charge in [0, 0.05) is 24.8 Å². The molecule has 0 unspecified atom stereocenters. The van der Waals surface area contributed by atoms with Gasteiger partial charge in [-0.15, -0.1) is 5.10 Å². The SMILES string of the molecule is CS(=O)(=O)c1nnc(CCCNC(=O)c2ccc(F)cc2)o1. The van der Waals surface area contributed by atoms with Crippen molar-refractivity contribution in [2.24, 2.45) is 0 Å². The number of carbonyl (C=O) groups excluding carboxylic acids is 1. The first kappa shape index (κ1) is 16.1.